The van der Waals surface area contributed by atoms with Crippen molar-refractivity contribution in [1.29, 1.82) is 0 Å². The Labute approximate surface area is 191 Å². The summed E-state index contributed by atoms with van der Waals surface area (Å²) in [6, 6.07) is 0.983. The van der Waals surface area contributed by atoms with Crippen LogP contribution < -0.4 is 0 Å². The molecule has 0 aromatic rings. The quantitative estimate of drug-likeness (QED) is 0.539. The minimum absolute atomic E-state index is 0.0778. The van der Waals surface area contributed by atoms with Gasteiger partial charge >= 0.3 is 0 Å². The number of carbonyl (C=O) groups is 1. The highest BCUT2D eigenvalue weighted by atomic mass is 16.5. The highest BCUT2D eigenvalue weighted by Crippen LogP contribution is 2.17. The molecule has 2 aliphatic heterocycles. The van der Waals surface area contributed by atoms with Gasteiger partial charge in [-0.25, -0.2) is 0 Å². The van der Waals surface area contributed by atoms with E-state index >= 15 is 0 Å². The van der Waals surface area contributed by atoms with E-state index in [9.17, 15) is 4.79 Å². The average molecular weight is 441 g/mol. The number of rotatable bonds is 8. The van der Waals surface area contributed by atoms with E-state index in [0.29, 0.717) is 18.7 Å². The third kappa shape index (κ3) is 8.97. The van der Waals surface area contributed by atoms with Gasteiger partial charge in [-0.3, -0.25) is 19.5 Å². The number of hydrogen-bond acceptors (Lipinski definition) is 6. The summed E-state index contributed by atoms with van der Waals surface area (Å²) in [4.78, 5) is 21.9. The summed E-state index contributed by atoms with van der Waals surface area (Å²) in [6.45, 7) is 26.6. The van der Waals surface area contributed by atoms with Crippen molar-refractivity contribution < 1.29 is 14.3 Å². The van der Waals surface area contributed by atoms with Crippen LogP contribution in [-0.4, -0.2) is 121 Å². The molecule has 0 unspecified atom stereocenters. The van der Waals surface area contributed by atoms with E-state index in [-0.39, 0.29) is 23.7 Å². The summed E-state index contributed by atoms with van der Waals surface area (Å²) in [6.07, 6.45) is 0. The molecule has 1 amide bonds. The highest BCUT2D eigenvalue weighted by Gasteiger charge is 2.30. The third-order valence-corrected chi connectivity index (χ3v) is 6.49. The Balaban J connectivity index is 1.63. The maximum Gasteiger partial charge on any atom is 0.248 e. The van der Waals surface area contributed by atoms with E-state index in [1.165, 1.54) is 0 Å². The van der Waals surface area contributed by atoms with Gasteiger partial charge in [0.25, 0.3) is 0 Å². The lowest BCUT2D eigenvalue weighted by Crippen LogP contribution is -2.57. The van der Waals surface area contributed by atoms with Gasteiger partial charge in [-0.1, -0.05) is 0 Å². The molecule has 0 aromatic carbocycles. The summed E-state index contributed by atoms with van der Waals surface area (Å²) in [5, 5.41) is 0. The number of carbonyl (C=O) groups excluding carboxylic acids is 1. The fourth-order valence-corrected chi connectivity index (χ4v) is 4.42. The Kier molecular flexibility index (Phi) is 9.77. The maximum absolute atomic E-state index is 12.5. The number of nitrogens with zero attached hydrogens (tertiary/aromatic N) is 4. The van der Waals surface area contributed by atoms with E-state index < -0.39 is 0 Å². The van der Waals surface area contributed by atoms with Crippen LogP contribution in [0.25, 0.3) is 0 Å². The first-order valence-corrected chi connectivity index (χ1v) is 12.1. The van der Waals surface area contributed by atoms with Crippen molar-refractivity contribution in [2.24, 2.45) is 0 Å². The molecule has 0 bridgehead atoms. The Morgan fingerprint density at radius 1 is 0.839 bits per heavy atom. The first-order chi connectivity index (χ1) is 14.4. The van der Waals surface area contributed by atoms with E-state index in [4.69, 9.17) is 9.47 Å². The molecule has 0 saturated carbocycles. The zero-order valence-corrected chi connectivity index (χ0v) is 21.4. The van der Waals surface area contributed by atoms with E-state index in [0.717, 1.165) is 59.0 Å². The molecule has 2 fully saturated rings. The summed E-state index contributed by atoms with van der Waals surface area (Å²) in [7, 11) is 0. The summed E-state index contributed by atoms with van der Waals surface area (Å²) < 4.78 is 11.7. The average Bonchev–Trinajstić information content (AvgIpc) is 2.66. The number of hydrogen-bond donors (Lipinski definition) is 0. The van der Waals surface area contributed by atoms with Crippen LogP contribution in [0.15, 0.2) is 0 Å². The lowest BCUT2D eigenvalue weighted by molar-refractivity contribution is -0.139. The van der Waals surface area contributed by atoms with Gasteiger partial charge in [-0.2, -0.15) is 0 Å². The van der Waals surface area contributed by atoms with Crippen molar-refractivity contribution in [1.82, 2.24) is 19.6 Å². The SMILES string of the molecule is C[C@@H]1CN(CCOC(C)(C)C)[C@@H](C)CN1CCOCC(=O)N1CCN(C(C)(C)C)CC1. The highest BCUT2D eigenvalue weighted by molar-refractivity contribution is 5.77. The van der Waals surface area contributed by atoms with E-state index in [1.807, 2.05) is 4.90 Å². The fraction of sp³-hybridized carbons (Fsp3) is 0.958. The largest absolute Gasteiger partial charge is 0.375 e. The Morgan fingerprint density at radius 2 is 1.35 bits per heavy atom. The lowest BCUT2D eigenvalue weighted by atomic mass is 10.1. The predicted molar refractivity (Wildman–Crippen MR) is 127 cm³/mol. The van der Waals surface area contributed by atoms with Crippen molar-refractivity contribution in [3.8, 4) is 0 Å². The van der Waals surface area contributed by atoms with Gasteiger partial charge in [0.05, 0.1) is 18.8 Å². The van der Waals surface area contributed by atoms with Crippen LogP contribution in [0.5, 0.6) is 0 Å². The molecule has 7 nitrogen and oxygen atoms in total. The number of ether oxygens (including phenoxy) is 2. The lowest BCUT2D eigenvalue weighted by Gasteiger charge is -2.44. The van der Waals surface area contributed by atoms with Crippen molar-refractivity contribution in [3.63, 3.8) is 0 Å². The minimum Gasteiger partial charge on any atom is -0.375 e. The van der Waals surface area contributed by atoms with Crippen LogP contribution in [0.3, 0.4) is 0 Å². The van der Waals surface area contributed by atoms with Crippen LogP contribution in [0.1, 0.15) is 55.4 Å². The van der Waals surface area contributed by atoms with Crippen LogP contribution >= 0.6 is 0 Å². The Hall–Kier alpha value is -0.730. The van der Waals surface area contributed by atoms with E-state index in [2.05, 4.69) is 70.1 Å². The molecule has 31 heavy (non-hydrogen) atoms. The smallest absolute Gasteiger partial charge is 0.248 e. The van der Waals surface area contributed by atoms with Gasteiger partial charge in [0.2, 0.25) is 5.91 Å². The van der Waals surface area contributed by atoms with Crippen LogP contribution in [0.4, 0.5) is 0 Å². The predicted octanol–water partition coefficient (Wildman–Crippen LogP) is 2.16. The normalized spacial score (nSPS) is 25.2. The van der Waals surface area contributed by atoms with Crippen LogP contribution in [-0.2, 0) is 14.3 Å². The first kappa shape index (κ1) is 26.5. The number of piperazine rings is 2. The molecule has 2 heterocycles. The Morgan fingerprint density at radius 3 is 1.84 bits per heavy atom. The van der Waals surface area contributed by atoms with Crippen molar-refractivity contribution in [2.75, 3.05) is 72.2 Å². The molecule has 0 radical (unpaired) electrons. The van der Waals surface area contributed by atoms with Gasteiger partial charge in [-0.05, 0) is 55.4 Å². The van der Waals surface area contributed by atoms with Crippen LogP contribution in [0, 0.1) is 0 Å². The molecule has 2 rings (SSSR count). The van der Waals surface area contributed by atoms with Gasteiger partial charge in [0, 0.05) is 70.0 Å². The third-order valence-electron chi connectivity index (χ3n) is 6.49. The summed E-state index contributed by atoms with van der Waals surface area (Å²) >= 11 is 0. The molecule has 0 aliphatic carbocycles. The van der Waals surface area contributed by atoms with Gasteiger partial charge in [0.15, 0.2) is 0 Å². The van der Waals surface area contributed by atoms with Crippen molar-refractivity contribution in [2.45, 2.75) is 78.6 Å². The van der Waals surface area contributed by atoms with Gasteiger partial charge in [-0.15, -0.1) is 0 Å². The van der Waals surface area contributed by atoms with Gasteiger partial charge < -0.3 is 14.4 Å². The molecule has 182 valence electrons. The molecular weight excluding hydrogens is 392 g/mol. The van der Waals surface area contributed by atoms with Crippen molar-refractivity contribution in [3.05, 3.63) is 0 Å². The van der Waals surface area contributed by atoms with Crippen molar-refractivity contribution >= 4 is 5.91 Å². The molecular formula is C24H48N4O3. The van der Waals surface area contributed by atoms with Crippen LogP contribution in [0.2, 0.25) is 0 Å². The molecule has 2 aliphatic rings. The molecule has 0 N–H and O–H groups in total. The molecule has 7 heteroatoms. The summed E-state index contributed by atoms with van der Waals surface area (Å²) in [5.74, 6) is 0.124. The topological polar surface area (TPSA) is 48.5 Å². The zero-order chi connectivity index (χ0) is 23.2. The minimum atomic E-state index is -0.0778. The van der Waals surface area contributed by atoms with E-state index in [1.54, 1.807) is 0 Å². The maximum atomic E-state index is 12.5. The molecule has 0 spiro atoms. The molecule has 2 atom stereocenters. The monoisotopic (exact) mass is 440 g/mol. The second kappa shape index (κ2) is 11.4. The second-order valence-electron chi connectivity index (χ2n) is 11.2. The zero-order valence-electron chi connectivity index (χ0n) is 21.4. The molecule has 2 saturated heterocycles. The second-order valence-corrected chi connectivity index (χ2v) is 11.2. The standard InChI is InChI=1S/C24H48N4O3/c1-20-18-27(14-16-31-24(6,7)8)21(2)17-26(20)13-15-30-19-22(29)25-9-11-28(12-10-25)23(3,4)5/h20-21H,9-19H2,1-8H3/t20-,21+/m1/s1. The van der Waals surface area contributed by atoms with Gasteiger partial charge in [0.1, 0.15) is 6.61 Å². The number of amides is 1. The Bertz CT molecular complexity index is 550. The fourth-order valence-electron chi connectivity index (χ4n) is 4.42. The summed E-state index contributed by atoms with van der Waals surface area (Å²) in [5.41, 5.74) is 0.0920. The molecule has 0 aromatic heterocycles. The first-order valence-electron chi connectivity index (χ1n) is 12.1.